The standard InChI is InChI=1S/C17H35N3O2/c1-11(2)15(19-13(5)6)17(22)20-14(9-7-8-10-18)16(21)12(3)4/h11-15,19H,7-10,18H2,1-6H3,(H,20,22). The topological polar surface area (TPSA) is 84.2 Å². The molecule has 0 saturated heterocycles. The fraction of sp³-hybridized carbons (Fsp3) is 0.882. The van der Waals surface area contributed by atoms with E-state index in [1.54, 1.807) is 0 Å². The molecule has 0 aliphatic rings. The first-order chi connectivity index (χ1) is 10.2. The molecule has 0 aromatic rings. The van der Waals surface area contributed by atoms with Gasteiger partial charge in [0, 0.05) is 12.0 Å². The second kappa shape index (κ2) is 10.7. The maximum Gasteiger partial charge on any atom is 0.237 e. The van der Waals surface area contributed by atoms with E-state index in [9.17, 15) is 9.59 Å². The number of nitrogens with two attached hydrogens (primary N) is 1. The summed E-state index contributed by atoms with van der Waals surface area (Å²) in [7, 11) is 0. The highest BCUT2D eigenvalue weighted by atomic mass is 16.2. The van der Waals surface area contributed by atoms with Crippen LogP contribution in [0.15, 0.2) is 0 Å². The molecule has 130 valence electrons. The van der Waals surface area contributed by atoms with Gasteiger partial charge >= 0.3 is 0 Å². The van der Waals surface area contributed by atoms with E-state index in [4.69, 9.17) is 5.73 Å². The number of hydrogen-bond acceptors (Lipinski definition) is 4. The maximum atomic E-state index is 12.5. The largest absolute Gasteiger partial charge is 0.345 e. The number of hydrogen-bond donors (Lipinski definition) is 3. The van der Waals surface area contributed by atoms with Gasteiger partial charge in [-0.3, -0.25) is 9.59 Å². The minimum Gasteiger partial charge on any atom is -0.345 e. The third-order valence-electron chi connectivity index (χ3n) is 3.64. The summed E-state index contributed by atoms with van der Waals surface area (Å²) in [6.07, 6.45) is 2.38. The highest BCUT2D eigenvalue weighted by Gasteiger charge is 2.28. The Bertz CT molecular complexity index is 341. The second-order valence-electron chi connectivity index (χ2n) is 6.95. The lowest BCUT2D eigenvalue weighted by atomic mass is 9.95. The van der Waals surface area contributed by atoms with E-state index in [0.717, 1.165) is 12.8 Å². The van der Waals surface area contributed by atoms with E-state index in [-0.39, 0.29) is 35.6 Å². The molecule has 0 spiro atoms. The molecule has 5 nitrogen and oxygen atoms in total. The lowest BCUT2D eigenvalue weighted by molar-refractivity contribution is -0.131. The van der Waals surface area contributed by atoms with E-state index in [1.165, 1.54) is 0 Å². The van der Waals surface area contributed by atoms with Crippen molar-refractivity contribution < 1.29 is 9.59 Å². The molecule has 0 fully saturated rings. The number of carbonyl (C=O) groups excluding carboxylic acids is 2. The van der Waals surface area contributed by atoms with Gasteiger partial charge in [0.2, 0.25) is 5.91 Å². The smallest absolute Gasteiger partial charge is 0.237 e. The monoisotopic (exact) mass is 313 g/mol. The van der Waals surface area contributed by atoms with Gasteiger partial charge in [-0.25, -0.2) is 0 Å². The van der Waals surface area contributed by atoms with Crippen molar-refractivity contribution in [2.75, 3.05) is 6.54 Å². The van der Waals surface area contributed by atoms with Crippen LogP contribution in [0.25, 0.3) is 0 Å². The van der Waals surface area contributed by atoms with E-state index in [2.05, 4.69) is 10.6 Å². The molecule has 0 aromatic heterocycles. The average molecular weight is 313 g/mol. The van der Waals surface area contributed by atoms with Crippen molar-refractivity contribution in [3.05, 3.63) is 0 Å². The number of amides is 1. The van der Waals surface area contributed by atoms with Crippen LogP contribution in [-0.4, -0.2) is 36.4 Å². The Kier molecular flexibility index (Phi) is 10.3. The Hall–Kier alpha value is -0.940. The highest BCUT2D eigenvalue weighted by molar-refractivity contribution is 5.91. The summed E-state index contributed by atoms with van der Waals surface area (Å²) < 4.78 is 0. The highest BCUT2D eigenvalue weighted by Crippen LogP contribution is 2.10. The minimum absolute atomic E-state index is 0.0845. The zero-order chi connectivity index (χ0) is 17.3. The summed E-state index contributed by atoms with van der Waals surface area (Å²) in [5.41, 5.74) is 5.51. The summed E-state index contributed by atoms with van der Waals surface area (Å²) in [4.78, 5) is 24.9. The molecule has 22 heavy (non-hydrogen) atoms. The first kappa shape index (κ1) is 21.1. The van der Waals surface area contributed by atoms with Crippen LogP contribution in [0.4, 0.5) is 0 Å². The molecular weight excluding hydrogens is 278 g/mol. The van der Waals surface area contributed by atoms with Crippen molar-refractivity contribution in [1.29, 1.82) is 0 Å². The molecule has 0 aliphatic heterocycles. The van der Waals surface area contributed by atoms with Gasteiger partial charge in [-0.1, -0.05) is 41.5 Å². The molecular formula is C17H35N3O2. The lowest BCUT2D eigenvalue weighted by Crippen LogP contribution is -2.54. The van der Waals surface area contributed by atoms with E-state index >= 15 is 0 Å². The molecule has 0 bridgehead atoms. The molecule has 0 heterocycles. The van der Waals surface area contributed by atoms with Crippen molar-refractivity contribution >= 4 is 11.7 Å². The Morgan fingerprint density at radius 3 is 2.00 bits per heavy atom. The van der Waals surface area contributed by atoms with Crippen LogP contribution in [-0.2, 0) is 9.59 Å². The molecule has 4 N–H and O–H groups in total. The van der Waals surface area contributed by atoms with Gasteiger partial charge in [-0.05, 0) is 31.7 Å². The van der Waals surface area contributed by atoms with Gasteiger partial charge < -0.3 is 16.4 Å². The number of unbranched alkanes of at least 4 members (excludes halogenated alkanes) is 1. The number of nitrogens with one attached hydrogen (secondary N) is 2. The van der Waals surface area contributed by atoms with Crippen LogP contribution in [0.3, 0.4) is 0 Å². The van der Waals surface area contributed by atoms with Crippen molar-refractivity contribution in [3.8, 4) is 0 Å². The Balaban J connectivity index is 4.86. The second-order valence-corrected chi connectivity index (χ2v) is 6.95. The van der Waals surface area contributed by atoms with Gasteiger partial charge in [-0.2, -0.15) is 0 Å². The minimum atomic E-state index is -0.408. The zero-order valence-electron chi connectivity index (χ0n) is 15.1. The Morgan fingerprint density at radius 1 is 1.00 bits per heavy atom. The predicted octanol–water partition coefficient (Wildman–Crippen LogP) is 1.85. The summed E-state index contributed by atoms with van der Waals surface area (Å²) in [6, 6.07) is -0.471. The number of ketones is 1. The summed E-state index contributed by atoms with van der Waals surface area (Å²) >= 11 is 0. The van der Waals surface area contributed by atoms with Crippen LogP contribution in [0.2, 0.25) is 0 Å². The van der Waals surface area contributed by atoms with Crippen LogP contribution in [0.1, 0.15) is 60.8 Å². The SMILES string of the molecule is CC(C)NC(C(=O)NC(CCCCN)C(=O)C(C)C)C(C)C. The fourth-order valence-corrected chi connectivity index (χ4v) is 2.37. The number of carbonyl (C=O) groups is 2. The predicted molar refractivity (Wildman–Crippen MR) is 91.6 cm³/mol. The number of rotatable bonds is 11. The van der Waals surface area contributed by atoms with E-state index in [1.807, 2.05) is 41.5 Å². The van der Waals surface area contributed by atoms with Crippen molar-refractivity contribution in [3.63, 3.8) is 0 Å². The van der Waals surface area contributed by atoms with Gasteiger partial charge in [0.1, 0.15) is 0 Å². The first-order valence-corrected chi connectivity index (χ1v) is 8.50. The molecule has 2 atom stereocenters. The Morgan fingerprint density at radius 2 is 1.59 bits per heavy atom. The van der Waals surface area contributed by atoms with Gasteiger partial charge in [0.15, 0.2) is 5.78 Å². The maximum absolute atomic E-state index is 12.5. The van der Waals surface area contributed by atoms with Gasteiger partial charge in [-0.15, -0.1) is 0 Å². The molecule has 0 rings (SSSR count). The lowest BCUT2D eigenvalue weighted by Gasteiger charge is -2.27. The first-order valence-electron chi connectivity index (χ1n) is 8.50. The molecule has 0 radical (unpaired) electrons. The van der Waals surface area contributed by atoms with Gasteiger partial charge in [0.25, 0.3) is 0 Å². The third kappa shape index (κ3) is 7.90. The molecule has 0 aromatic carbocycles. The van der Waals surface area contributed by atoms with E-state index < -0.39 is 6.04 Å². The molecule has 0 aliphatic carbocycles. The van der Waals surface area contributed by atoms with Crippen LogP contribution < -0.4 is 16.4 Å². The zero-order valence-corrected chi connectivity index (χ0v) is 15.1. The summed E-state index contributed by atoms with van der Waals surface area (Å²) in [5, 5.41) is 6.23. The quantitative estimate of drug-likeness (QED) is 0.508. The average Bonchev–Trinajstić information content (AvgIpc) is 2.42. The molecule has 5 heteroatoms. The van der Waals surface area contributed by atoms with Crippen molar-refractivity contribution in [1.82, 2.24) is 10.6 Å². The molecule has 0 saturated carbocycles. The van der Waals surface area contributed by atoms with Crippen molar-refractivity contribution in [2.45, 2.75) is 78.9 Å². The Labute approximate surface area is 135 Å². The fourth-order valence-electron chi connectivity index (χ4n) is 2.37. The molecule has 1 amide bonds. The van der Waals surface area contributed by atoms with Crippen LogP contribution in [0, 0.1) is 11.8 Å². The number of Topliss-reactive ketones (excluding diaryl/α,β-unsaturated/α-hetero) is 1. The van der Waals surface area contributed by atoms with Gasteiger partial charge in [0.05, 0.1) is 12.1 Å². The van der Waals surface area contributed by atoms with Crippen LogP contribution in [0.5, 0.6) is 0 Å². The van der Waals surface area contributed by atoms with Crippen LogP contribution >= 0.6 is 0 Å². The van der Waals surface area contributed by atoms with E-state index in [0.29, 0.717) is 13.0 Å². The summed E-state index contributed by atoms with van der Waals surface area (Å²) in [5.74, 6) is 0.0906. The summed E-state index contributed by atoms with van der Waals surface area (Å²) in [6.45, 7) is 12.4. The normalized spacial score (nSPS) is 14.5. The van der Waals surface area contributed by atoms with Crippen molar-refractivity contribution in [2.24, 2.45) is 17.6 Å². The molecule has 2 unspecified atom stereocenters. The third-order valence-corrected chi connectivity index (χ3v) is 3.64.